The highest BCUT2D eigenvalue weighted by Gasteiger charge is 2.10. The SMILES string of the molecule is Cc1cnccc1-c1nc(Cl)nc(-n2cccn2)n1. The van der Waals surface area contributed by atoms with Crippen LogP contribution < -0.4 is 0 Å². The Balaban J connectivity index is 2.16. The van der Waals surface area contributed by atoms with Crippen molar-refractivity contribution >= 4 is 11.6 Å². The molecule has 7 heteroatoms. The molecule has 3 aromatic heterocycles. The Hall–Kier alpha value is -2.34. The summed E-state index contributed by atoms with van der Waals surface area (Å²) in [5.41, 5.74) is 1.84. The van der Waals surface area contributed by atoms with Gasteiger partial charge in [0.2, 0.25) is 5.28 Å². The van der Waals surface area contributed by atoms with E-state index in [1.54, 1.807) is 30.9 Å². The minimum absolute atomic E-state index is 0.131. The average molecular weight is 273 g/mol. The van der Waals surface area contributed by atoms with E-state index in [4.69, 9.17) is 11.6 Å². The summed E-state index contributed by atoms with van der Waals surface area (Å²) in [6.45, 7) is 1.94. The van der Waals surface area contributed by atoms with E-state index in [2.05, 4.69) is 25.0 Å². The zero-order valence-electron chi connectivity index (χ0n) is 10.0. The topological polar surface area (TPSA) is 69.4 Å². The van der Waals surface area contributed by atoms with Gasteiger partial charge in [-0.1, -0.05) is 0 Å². The van der Waals surface area contributed by atoms with Gasteiger partial charge in [-0.05, 0) is 36.2 Å². The second kappa shape index (κ2) is 4.74. The van der Waals surface area contributed by atoms with Gasteiger partial charge in [0.15, 0.2) is 5.82 Å². The first-order chi connectivity index (χ1) is 9.24. The lowest BCUT2D eigenvalue weighted by atomic mass is 10.1. The summed E-state index contributed by atoms with van der Waals surface area (Å²) < 4.78 is 1.54. The minimum Gasteiger partial charge on any atom is -0.264 e. The van der Waals surface area contributed by atoms with Crippen LogP contribution in [0, 0.1) is 6.92 Å². The predicted octanol–water partition coefficient (Wildman–Crippen LogP) is 2.08. The summed E-state index contributed by atoms with van der Waals surface area (Å²) in [5.74, 6) is 0.890. The Morgan fingerprint density at radius 1 is 1.16 bits per heavy atom. The van der Waals surface area contributed by atoms with Gasteiger partial charge in [0, 0.05) is 30.4 Å². The summed E-state index contributed by atoms with van der Waals surface area (Å²) in [6, 6.07) is 3.63. The van der Waals surface area contributed by atoms with Crippen LogP contribution in [-0.2, 0) is 0 Å². The maximum Gasteiger partial charge on any atom is 0.255 e. The number of rotatable bonds is 2. The molecule has 6 nitrogen and oxygen atoms in total. The van der Waals surface area contributed by atoms with Gasteiger partial charge in [-0.3, -0.25) is 4.98 Å². The molecule has 0 radical (unpaired) electrons. The van der Waals surface area contributed by atoms with Gasteiger partial charge in [-0.2, -0.15) is 20.1 Å². The third-order valence-electron chi connectivity index (χ3n) is 2.57. The van der Waals surface area contributed by atoms with Gasteiger partial charge in [-0.15, -0.1) is 0 Å². The minimum atomic E-state index is 0.131. The number of hydrogen-bond acceptors (Lipinski definition) is 5. The van der Waals surface area contributed by atoms with Crippen LogP contribution in [0.2, 0.25) is 5.28 Å². The first-order valence-electron chi connectivity index (χ1n) is 5.56. The molecule has 3 aromatic rings. The smallest absolute Gasteiger partial charge is 0.255 e. The van der Waals surface area contributed by atoms with Crippen molar-refractivity contribution in [3.05, 3.63) is 47.8 Å². The zero-order chi connectivity index (χ0) is 13.2. The monoisotopic (exact) mass is 272 g/mol. The van der Waals surface area contributed by atoms with Crippen LogP contribution in [0.5, 0.6) is 0 Å². The lowest BCUT2D eigenvalue weighted by molar-refractivity contribution is 0.797. The van der Waals surface area contributed by atoms with Gasteiger partial charge >= 0.3 is 0 Å². The van der Waals surface area contributed by atoms with Crippen molar-refractivity contribution in [3.63, 3.8) is 0 Å². The molecule has 0 saturated carbocycles. The second-order valence-corrected chi connectivity index (χ2v) is 4.21. The second-order valence-electron chi connectivity index (χ2n) is 3.87. The first kappa shape index (κ1) is 11.7. The molecule has 0 bridgehead atoms. The number of pyridine rings is 1. The van der Waals surface area contributed by atoms with Crippen molar-refractivity contribution < 1.29 is 0 Å². The molecule has 0 unspecified atom stereocenters. The number of aromatic nitrogens is 6. The van der Waals surface area contributed by atoms with Gasteiger partial charge in [0.05, 0.1) is 0 Å². The molecule has 0 atom stereocenters. The van der Waals surface area contributed by atoms with E-state index in [9.17, 15) is 0 Å². The van der Waals surface area contributed by atoms with E-state index >= 15 is 0 Å². The maximum atomic E-state index is 5.95. The summed E-state index contributed by atoms with van der Waals surface area (Å²) in [4.78, 5) is 16.6. The molecular formula is C12H9ClN6. The van der Waals surface area contributed by atoms with Gasteiger partial charge < -0.3 is 0 Å². The summed E-state index contributed by atoms with van der Waals surface area (Å²) in [6.07, 6.45) is 6.83. The predicted molar refractivity (Wildman–Crippen MR) is 69.9 cm³/mol. The van der Waals surface area contributed by atoms with E-state index in [1.807, 2.05) is 13.0 Å². The molecule has 0 spiro atoms. The third kappa shape index (κ3) is 2.30. The van der Waals surface area contributed by atoms with Crippen molar-refractivity contribution in [1.29, 1.82) is 0 Å². The van der Waals surface area contributed by atoms with Crippen LogP contribution in [-0.4, -0.2) is 29.7 Å². The zero-order valence-corrected chi connectivity index (χ0v) is 10.8. The van der Waals surface area contributed by atoms with Gasteiger partial charge in [0.1, 0.15) is 0 Å². The third-order valence-corrected chi connectivity index (χ3v) is 2.74. The van der Waals surface area contributed by atoms with Crippen LogP contribution in [0.1, 0.15) is 5.56 Å². The molecule has 94 valence electrons. The molecule has 0 aromatic carbocycles. The standard InChI is InChI=1S/C12H9ClN6/c1-8-7-14-5-3-9(8)10-16-11(13)18-12(17-10)19-6-2-4-15-19/h2-7H,1H3. The van der Waals surface area contributed by atoms with E-state index < -0.39 is 0 Å². The molecule has 3 rings (SSSR count). The Kier molecular flexibility index (Phi) is 2.92. The fourth-order valence-corrected chi connectivity index (χ4v) is 1.83. The Morgan fingerprint density at radius 3 is 2.79 bits per heavy atom. The molecule has 0 amide bonds. The normalized spacial score (nSPS) is 10.6. The number of nitrogens with zero attached hydrogens (tertiary/aromatic N) is 6. The van der Waals surface area contributed by atoms with Crippen LogP contribution in [0.4, 0.5) is 0 Å². The highest BCUT2D eigenvalue weighted by atomic mass is 35.5. The lowest BCUT2D eigenvalue weighted by Crippen LogP contribution is -2.05. The molecule has 19 heavy (non-hydrogen) atoms. The molecule has 0 aliphatic carbocycles. The Bertz CT molecular complexity index is 710. The largest absolute Gasteiger partial charge is 0.264 e. The molecule has 3 heterocycles. The van der Waals surface area contributed by atoms with Crippen LogP contribution in [0.3, 0.4) is 0 Å². The highest BCUT2D eigenvalue weighted by Crippen LogP contribution is 2.20. The summed E-state index contributed by atoms with van der Waals surface area (Å²) >= 11 is 5.95. The van der Waals surface area contributed by atoms with Crippen molar-refractivity contribution in [3.8, 4) is 17.3 Å². The van der Waals surface area contributed by atoms with E-state index in [-0.39, 0.29) is 5.28 Å². The molecule has 0 aliphatic rings. The molecule has 0 N–H and O–H groups in total. The highest BCUT2D eigenvalue weighted by molar-refractivity contribution is 6.28. The first-order valence-corrected chi connectivity index (χ1v) is 5.94. The van der Waals surface area contributed by atoms with E-state index in [0.29, 0.717) is 11.8 Å². The van der Waals surface area contributed by atoms with E-state index in [0.717, 1.165) is 11.1 Å². The van der Waals surface area contributed by atoms with Gasteiger partial charge in [-0.25, -0.2) is 4.68 Å². The molecule has 0 fully saturated rings. The number of hydrogen-bond donors (Lipinski definition) is 0. The number of halogens is 1. The molecule has 0 saturated heterocycles. The van der Waals surface area contributed by atoms with Crippen LogP contribution in [0.25, 0.3) is 17.3 Å². The van der Waals surface area contributed by atoms with Crippen LogP contribution in [0.15, 0.2) is 36.9 Å². The fourth-order valence-electron chi connectivity index (χ4n) is 1.67. The summed E-state index contributed by atoms with van der Waals surface area (Å²) in [5, 5.41) is 4.21. The van der Waals surface area contributed by atoms with E-state index in [1.165, 1.54) is 4.68 Å². The fraction of sp³-hybridized carbons (Fsp3) is 0.0833. The van der Waals surface area contributed by atoms with Crippen molar-refractivity contribution in [1.82, 2.24) is 29.7 Å². The maximum absolute atomic E-state index is 5.95. The summed E-state index contributed by atoms with van der Waals surface area (Å²) in [7, 11) is 0. The van der Waals surface area contributed by atoms with Crippen molar-refractivity contribution in [2.75, 3.05) is 0 Å². The van der Waals surface area contributed by atoms with Crippen molar-refractivity contribution in [2.24, 2.45) is 0 Å². The molecular weight excluding hydrogens is 264 g/mol. The lowest BCUT2D eigenvalue weighted by Gasteiger charge is -2.06. The molecule has 0 aliphatic heterocycles. The number of aryl methyl sites for hydroxylation is 1. The Labute approximate surface area is 114 Å². The quantitative estimate of drug-likeness (QED) is 0.714. The van der Waals surface area contributed by atoms with Gasteiger partial charge in [0.25, 0.3) is 5.95 Å². The van der Waals surface area contributed by atoms with Crippen molar-refractivity contribution in [2.45, 2.75) is 6.92 Å². The Morgan fingerprint density at radius 2 is 2.05 bits per heavy atom. The average Bonchev–Trinajstić information content (AvgIpc) is 2.92. The van der Waals surface area contributed by atoms with Crippen LogP contribution >= 0.6 is 11.6 Å².